The van der Waals surface area contributed by atoms with E-state index < -0.39 is 11.7 Å². The third-order valence-corrected chi connectivity index (χ3v) is 4.84. The zero-order valence-electron chi connectivity index (χ0n) is 15.4. The first-order chi connectivity index (χ1) is 12.0. The van der Waals surface area contributed by atoms with Crippen LogP contribution in [0.2, 0.25) is 0 Å². The van der Waals surface area contributed by atoms with Crippen molar-refractivity contribution in [1.82, 2.24) is 10.2 Å². The third-order valence-electron chi connectivity index (χ3n) is 4.84. The summed E-state index contributed by atoms with van der Waals surface area (Å²) in [4.78, 5) is 2.01. The molecular formula is C21H30N2O2. The van der Waals surface area contributed by atoms with Gasteiger partial charge < -0.3 is 20.4 Å². The van der Waals surface area contributed by atoms with Gasteiger partial charge in [0.05, 0.1) is 6.10 Å². The van der Waals surface area contributed by atoms with Crippen LogP contribution in [0, 0.1) is 0 Å². The molecule has 0 saturated heterocycles. The maximum absolute atomic E-state index is 11.6. The number of hydrogen-bond acceptors (Lipinski definition) is 4. The topological polar surface area (TPSA) is 55.7 Å². The first kappa shape index (κ1) is 19.6. The van der Waals surface area contributed by atoms with Crippen LogP contribution < -0.4 is 5.32 Å². The van der Waals surface area contributed by atoms with Gasteiger partial charge in [0.1, 0.15) is 5.60 Å². The number of rotatable bonds is 9. The number of nitrogens with zero attached hydrogens (tertiary/aromatic N) is 1. The minimum absolute atomic E-state index is 0.224. The Kier molecular flexibility index (Phi) is 7.14. The van der Waals surface area contributed by atoms with Crippen LogP contribution in [0.25, 0.3) is 0 Å². The van der Waals surface area contributed by atoms with Crippen LogP contribution in [0.4, 0.5) is 0 Å². The molecule has 2 aromatic carbocycles. The van der Waals surface area contributed by atoms with E-state index in [4.69, 9.17) is 0 Å². The quantitative estimate of drug-likeness (QED) is 0.655. The number of likely N-dealkylation sites (N-methyl/N-ethyl adjacent to an activating group) is 1. The van der Waals surface area contributed by atoms with Gasteiger partial charge in [-0.25, -0.2) is 0 Å². The van der Waals surface area contributed by atoms with Crippen LogP contribution in [0.5, 0.6) is 0 Å². The van der Waals surface area contributed by atoms with E-state index in [2.05, 4.69) is 5.32 Å². The molecule has 2 rings (SSSR count). The first-order valence-electron chi connectivity index (χ1n) is 8.81. The Morgan fingerprint density at radius 3 is 2.08 bits per heavy atom. The van der Waals surface area contributed by atoms with Crippen molar-refractivity contribution in [2.45, 2.75) is 30.6 Å². The average molecular weight is 342 g/mol. The molecule has 136 valence electrons. The lowest BCUT2D eigenvalue weighted by atomic mass is 9.79. The standard InChI is InChI=1S/C21H30N2O2/c1-22-15-14-21(25,18-12-8-5-9-13-18)20(23(2)3)16-19(24)17-10-6-4-7-11-17/h4-13,19-20,22,24-25H,14-16H2,1-3H3/t19-,20?,21?/m1/s1. The van der Waals surface area contributed by atoms with Crippen molar-refractivity contribution >= 4 is 0 Å². The SMILES string of the molecule is CNCCC(O)(c1ccccc1)C(C[C@@H](O)c1ccccc1)N(C)C. The monoisotopic (exact) mass is 342 g/mol. The molecule has 0 aromatic heterocycles. The Morgan fingerprint density at radius 1 is 1.00 bits per heavy atom. The molecule has 4 nitrogen and oxygen atoms in total. The van der Waals surface area contributed by atoms with Crippen LogP contribution in [-0.4, -0.2) is 48.8 Å². The predicted octanol–water partition coefficient (Wildman–Crippen LogP) is 2.54. The Labute approximate surface area is 151 Å². The van der Waals surface area contributed by atoms with Crippen LogP contribution in [0.15, 0.2) is 60.7 Å². The minimum atomic E-state index is -1.05. The summed E-state index contributed by atoms with van der Waals surface area (Å²) in [5.41, 5.74) is 0.700. The van der Waals surface area contributed by atoms with Crippen molar-refractivity contribution < 1.29 is 10.2 Å². The number of nitrogens with one attached hydrogen (secondary N) is 1. The number of benzene rings is 2. The van der Waals surface area contributed by atoms with Gasteiger partial charge in [-0.3, -0.25) is 0 Å². The summed E-state index contributed by atoms with van der Waals surface area (Å²) in [6.45, 7) is 0.692. The molecule has 3 N–H and O–H groups in total. The lowest BCUT2D eigenvalue weighted by molar-refractivity contribution is -0.0622. The molecule has 0 fully saturated rings. The van der Waals surface area contributed by atoms with E-state index in [1.165, 1.54) is 0 Å². The Hall–Kier alpha value is -1.72. The maximum atomic E-state index is 11.6. The molecule has 0 aliphatic heterocycles. The van der Waals surface area contributed by atoms with Gasteiger partial charge in [-0.15, -0.1) is 0 Å². The summed E-state index contributed by atoms with van der Waals surface area (Å²) in [5, 5.41) is 25.5. The highest BCUT2D eigenvalue weighted by molar-refractivity contribution is 5.26. The molecule has 0 amide bonds. The first-order valence-corrected chi connectivity index (χ1v) is 8.81. The average Bonchev–Trinajstić information content (AvgIpc) is 2.65. The van der Waals surface area contributed by atoms with E-state index >= 15 is 0 Å². The third kappa shape index (κ3) is 4.89. The summed E-state index contributed by atoms with van der Waals surface area (Å²) in [6, 6.07) is 19.2. The van der Waals surface area contributed by atoms with Crippen molar-refractivity contribution in [2.24, 2.45) is 0 Å². The number of aliphatic hydroxyl groups excluding tert-OH is 1. The van der Waals surface area contributed by atoms with Crippen molar-refractivity contribution in [2.75, 3.05) is 27.7 Å². The smallest absolute Gasteiger partial charge is 0.106 e. The second kappa shape index (κ2) is 9.11. The van der Waals surface area contributed by atoms with Gasteiger partial charge in [-0.05, 0) is 51.7 Å². The largest absolute Gasteiger partial charge is 0.388 e. The fourth-order valence-electron chi connectivity index (χ4n) is 3.40. The molecule has 3 atom stereocenters. The van der Waals surface area contributed by atoms with Gasteiger partial charge >= 0.3 is 0 Å². The molecule has 0 aliphatic rings. The van der Waals surface area contributed by atoms with Crippen LogP contribution >= 0.6 is 0 Å². The zero-order chi connectivity index (χ0) is 18.3. The molecule has 0 heterocycles. The van der Waals surface area contributed by atoms with Crippen LogP contribution in [-0.2, 0) is 5.60 Å². The van der Waals surface area contributed by atoms with E-state index in [1.54, 1.807) is 0 Å². The molecule has 0 bridgehead atoms. The van der Waals surface area contributed by atoms with Gasteiger partial charge in [-0.2, -0.15) is 0 Å². The van der Waals surface area contributed by atoms with Gasteiger partial charge in [0.25, 0.3) is 0 Å². The molecule has 0 saturated carbocycles. The Balaban J connectivity index is 2.32. The molecule has 25 heavy (non-hydrogen) atoms. The van der Waals surface area contributed by atoms with Crippen molar-refractivity contribution in [3.63, 3.8) is 0 Å². The van der Waals surface area contributed by atoms with Crippen molar-refractivity contribution in [3.8, 4) is 0 Å². The van der Waals surface area contributed by atoms with Gasteiger partial charge in [0, 0.05) is 6.04 Å². The molecule has 2 unspecified atom stereocenters. The summed E-state index contributed by atoms with van der Waals surface area (Å²) >= 11 is 0. The number of hydrogen-bond donors (Lipinski definition) is 3. The summed E-state index contributed by atoms with van der Waals surface area (Å²) in [7, 11) is 5.79. The molecular weight excluding hydrogens is 312 g/mol. The minimum Gasteiger partial charge on any atom is -0.388 e. The van der Waals surface area contributed by atoms with Gasteiger partial charge in [0.2, 0.25) is 0 Å². The van der Waals surface area contributed by atoms with E-state index in [-0.39, 0.29) is 6.04 Å². The Bertz CT molecular complexity index is 618. The Morgan fingerprint density at radius 2 is 1.56 bits per heavy atom. The summed E-state index contributed by atoms with van der Waals surface area (Å²) in [6.07, 6.45) is 0.391. The molecule has 4 heteroatoms. The van der Waals surface area contributed by atoms with E-state index in [9.17, 15) is 10.2 Å². The second-order valence-electron chi connectivity index (χ2n) is 6.79. The van der Waals surface area contributed by atoms with E-state index in [0.717, 1.165) is 11.1 Å². The van der Waals surface area contributed by atoms with Crippen LogP contribution in [0.3, 0.4) is 0 Å². The highest BCUT2D eigenvalue weighted by Crippen LogP contribution is 2.35. The van der Waals surface area contributed by atoms with E-state index in [1.807, 2.05) is 86.7 Å². The molecule has 0 aliphatic carbocycles. The fraction of sp³-hybridized carbons (Fsp3) is 0.429. The fourth-order valence-corrected chi connectivity index (χ4v) is 3.40. The van der Waals surface area contributed by atoms with Crippen molar-refractivity contribution in [1.29, 1.82) is 0 Å². The maximum Gasteiger partial charge on any atom is 0.106 e. The molecule has 2 aromatic rings. The lowest BCUT2D eigenvalue weighted by Gasteiger charge is -2.41. The zero-order valence-corrected chi connectivity index (χ0v) is 15.4. The van der Waals surface area contributed by atoms with Crippen molar-refractivity contribution in [3.05, 3.63) is 71.8 Å². The normalized spacial score (nSPS) is 16.4. The van der Waals surface area contributed by atoms with Gasteiger partial charge in [-0.1, -0.05) is 60.7 Å². The van der Waals surface area contributed by atoms with Gasteiger partial charge in [0.15, 0.2) is 0 Å². The van der Waals surface area contributed by atoms with E-state index in [0.29, 0.717) is 19.4 Å². The summed E-state index contributed by atoms with van der Waals surface area (Å²) in [5.74, 6) is 0. The number of aliphatic hydroxyl groups is 2. The highest BCUT2D eigenvalue weighted by atomic mass is 16.3. The second-order valence-corrected chi connectivity index (χ2v) is 6.79. The lowest BCUT2D eigenvalue weighted by Crippen LogP contribution is -2.50. The molecule has 0 spiro atoms. The van der Waals surface area contributed by atoms with Crippen LogP contribution in [0.1, 0.15) is 30.1 Å². The molecule has 0 radical (unpaired) electrons. The predicted molar refractivity (Wildman–Crippen MR) is 102 cm³/mol. The summed E-state index contributed by atoms with van der Waals surface area (Å²) < 4.78 is 0. The highest BCUT2D eigenvalue weighted by Gasteiger charge is 2.40.